The molecule has 1 aromatic heterocycles. The molecule has 2 aromatic rings. The lowest BCUT2D eigenvalue weighted by molar-refractivity contribution is 0.809. The first-order valence-electron chi connectivity index (χ1n) is 6.42. The Kier molecular flexibility index (Phi) is 4.74. The second kappa shape index (κ2) is 6.52. The van der Waals surface area contributed by atoms with Crippen molar-refractivity contribution in [3.05, 3.63) is 30.0 Å². The van der Waals surface area contributed by atoms with E-state index in [1.54, 1.807) is 0 Å². The van der Waals surface area contributed by atoms with E-state index in [-0.39, 0.29) is 0 Å². The number of aliphatic imine (C=N–C) groups is 1. The summed E-state index contributed by atoms with van der Waals surface area (Å²) < 4.78 is 0. The number of thioether (sulfide) groups is 1. The fourth-order valence-electron chi connectivity index (χ4n) is 1.65. The molecule has 0 fully saturated rings. The molecule has 4 nitrogen and oxygen atoms in total. The molecule has 0 spiro atoms. The van der Waals surface area contributed by atoms with Crippen molar-refractivity contribution >= 4 is 28.0 Å². The molecule has 0 amide bonds. The lowest BCUT2D eigenvalue weighted by atomic mass is 10.3. The molecule has 100 valence electrons. The van der Waals surface area contributed by atoms with Crippen molar-refractivity contribution in [2.24, 2.45) is 10.7 Å². The lowest BCUT2D eigenvalue weighted by Crippen LogP contribution is -2.08. The van der Waals surface area contributed by atoms with Crippen molar-refractivity contribution in [1.29, 1.82) is 0 Å². The van der Waals surface area contributed by atoms with Gasteiger partial charge in [0.15, 0.2) is 5.17 Å². The number of aromatic nitrogens is 2. The summed E-state index contributed by atoms with van der Waals surface area (Å²) in [5.41, 5.74) is 8.59. The summed E-state index contributed by atoms with van der Waals surface area (Å²) in [5, 5.41) is 1.39. The van der Waals surface area contributed by atoms with Crippen molar-refractivity contribution in [3.63, 3.8) is 0 Å². The summed E-state index contributed by atoms with van der Waals surface area (Å²) in [7, 11) is 0. The third-order valence-electron chi connectivity index (χ3n) is 2.68. The molecule has 0 aliphatic heterocycles. The molecular weight excluding hydrogens is 256 g/mol. The lowest BCUT2D eigenvalue weighted by Gasteiger charge is -2.05. The number of hydrogen-bond acceptors (Lipinski definition) is 4. The van der Waals surface area contributed by atoms with Gasteiger partial charge in [0.1, 0.15) is 5.03 Å². The van der Waals surface area contributed by atoms with Gasteiger partial charge in [0.05, 0.1) is 16.7 Å². The number of amidine groups is 1. The van der Waals surface area contributed by atoms with E-state index in [2.05, 4.69) is 21.9 Å². The molecule has 0 saturated carbocycles. The Hall–Kier alpha value is -1.62. The number of benzene rings is 1. The number of nitrogens with zero attached hydrogens (tertiary/aromatic N) is 3. The highest BCUT2D eigenvalue weighted by Gasteiger charge is 2.07. The highest BCUT2D eigenvalue weighted by atomic mass is 32.2. The zero-order valence-corrected chi connectivity index (χ0v) is 12.1. The molecule has 0 bridgehead atoms. The zero-order chi connectivity index (χ0) is 13.7. The fourth-order valence-corrected chi connectivity index (χ4v) is 2.34. The third kappa shape index (κ3) is 3.67. The first-order valence-corrected chi connectivity index (χ1v) is 7.23. The predicted octanol–water partition coefficient (Wildman–Crippen LogP) is 3.15. The number of aryl methyl sites for hydroxylation is 1. The van der Waals surface area contributed by atoms with Crippen LogP contribution in [0.1, 0.15) is 25.5 Å². The molecule has 0 aliphatic rings. The van der Waals surface area contributed by atoms with E-state index in [0.717, 1.165) is 41.1 Å². The van der Waals surface area contributed by atoms with E-state index in [1.165, 1.54) is 11.8 Å². The molecule has 2 rings (SSSR count). The minimum Gasteiger partial charge on any atom is -0.378 e. The minimum absolute atomic E-state index is 0.557. The first kappa shape index (κ1) is 13.8. The van der Waals surface area contributed by atoms with Crippen LogP contribution in [0.2, 0.25) is 0 Å². The van der Waals surface area contributed by atoms with Crippen LogP contribution >= 0.6 is 11.8 Å². The summed E-state index contributed by atoms with van der Waals surface area (Å²) in [4.78, 5) is 13.4. The van der Waals surface area contributed by atoms with Crippen LogP contribution < -0.4 is 5.73 Å². The van der Waals surface area contributed by atoms with Crippen LogP contribution in [-0.4, -0.2) is 21.7 Å². The normalized spacial score (nSPS) is 12.0. The smallest absolute Gasteiger partial charge is 0.160 e. The van der Waals surface area contributed by atoms with E-state index in [9.17, 15) is 0 Å². The largest absolute Gasteiger partial charge is 0.378 e. The molecular formula is C14H18N4S. The maximum Gasteiger partial charge on any atom is 0.160 e. The molecule has 0 radical (unpaired) electrons. The van der Waals surface area contributed by atoms with Gasteiger partial charge in [-0.15, -0.1) is 0 Å². The van der Waals surface area contributed by atoms with Crippen LogP contribution in [-0.2, 0) is 0 Å². The predicted molar refractivity (Wildman–Crippen MR) is 81.5 cm³/mol. The van der Waals surface area contributed by atoms with Gasteiger partial charge in [-0.2, -0.15) is 0 Å². The zero-order valence-electron chi connectivity index (χ0n) is 11.3. The quantitative estimate of drug-likeness (QED) is 0.402. The second-order valence-electron chi connectivity index (χ2n) is 4.28. The fraction of sp³-hybridized carbons (Fsp3) is 0.357. The van der Waals surface area contributed by atoms with Crippen molar-refractivity contribution in [3.8, 4) is 0 Å². The van der Waals surface area contributed by atoms with Gasteiger partial charge in [-0.25, -0.2) is 9.97 Å². The molecule has 19 heavy (non-hydrogen) atoms. The van der Waals surface area contributed by atoms with E-state index < -0.39 is 0 Å². The topological polar surface area (TPSA) is 64.2 Å². The van der Waals surface area contributed by atoms with Gasteiger partial charge in [0, 0.05) is 6.54 Å². The third-order valence-corrected chi connectivity index (χ3v) is 3.60. The molecule has 5 heteroatoms. The van der Waals surface area contributed by atoms with E-state index in [0.29, 0.717) is 5.17 Å². The van der Waals surface area contributed by atoms with Crippen LogP contribution in [0, 0.1) is 6.92 Å². The van der Waals surface area contributed by atoms with Crippen LogP contribution in [0.3, 0.4) is 0 Å². The summed E-state index contributed by atoms with van der Waals surface area (Å²) >= 11 is 1.39. The average Bonchev–Trinajstić information content (AvgIpc) is 2.40. The Balaban J connectivity index is 2.20. The van der Waals surface area contributed by atoms with Gasteiger partial charge < -0.3 is 5.73 Å². The van der Waals surface area contributed by atoms with Gasteiger partial charge in [0.2, 0.25) is 0 Å². The maximum atomic E-state index is 5.90. The van der Waals surface area contributed by atoms with Crippen LogP contribution in [0.4, 0.5) is 0 Å². The molecule has 1 heterocycles. The van der Waals surface area contributed by atoms with Crippen molar-refractivity contribution in [1.82, 2.24) is 9.97 Å². The minimum atomic E-state index is 0.557. The number of hydrogen-bond donors (Lipinski definition) is 1. The van der Waals surface area contributed by atoms with Gasteiger partial charge in [-0.3, -0.25) is 4.99 Å². The van der Waals surface area contributed by atoms with Gasteiger partial charge in [0.25, 0.3) is 0 Å². The maximum absolute atomic E-state index is 5.90. The average molecular weight is 274 g/mol. The van der Waals surface area contributed by atoms with Gasteiger partial charge in [-0.1, -0.05) is 25.5 Å². The monoisotopic (exact) mass is 274 g/mol. The van der Waals surface area contributed by atoms with E-state index in [4.69, 9.17) is 5.73 Å². The number of para-hydroxylation sites is 2. The highest BCUT2D eigenvalue weighted by Crippen LogP contribution is 2.21. The molecule has 1 aromatic carbocycles. The Morgan fingerprint density at radius 2 is 1.95 bits per heavy atom. The van der Waals surface area contributed by atoms with Crippen LogP contribution in [0.15, 0.2) is 34.3 Å². The summed E-state index contributed by atoms with van der Waals surface area (Å²) in [5.74, 6) is 0. The number of nitrogens with two attached hydrogens (primary N) is 1. The summed E-state index contributed by atoms with van der Waals surface area (Å²) in [6, 6.07) is 7.84. The second-order valence-corrected chi connectivity index (χ2v) is 5.29. The Morgan fingerprint density at radius 1 is 1.26 bits per heavy atom. The number of rotatable bonds is 4. The van der Waals surface area contributed by atoms with E-state index in [1.807, 2.05) is 31.2 Å². The van der Waals surface area contributed by atoms with Crippen molar-refractivity contribution in [2.45, 2.75) is 31.7 Å². The Bertz CT molecular complexity index is 595. The molecule has 0 unspecified atom stereocenters. The van der Waals surface area contributed by atoms with E-state index >= 15 is 0 Å². The summed E-state index contributed by atoms with van der Waals surface area (Å²) in [6.07, 6.45) is 2.18. The standard InChI is InChI=1S/C14H18N4S/c1-3-4-9-16-14(15)19-13-10(2)17-11-7-5-6-8-12(11)18-13/h5-8H,3-4,9H2,1-2H3,(H2,15,16). The number of unbranched alkanes of at least 4 members (excludes halogenated alkanes) is 1. The van der Waals surface area contributed by atoms with Crippen LogP contribution in [0.5, 0.6) is 0 Å². The van der Waals surface area contributed by atoms with Crippen molar-refractivity contribution in [2.75, 3.05) is 6.54 Å². The summed E-state index contributed by atoms with van der Waals surface area (Å²) in [6.45, 7) is 4.86. The SMILES string of the molecule is CCCCN=C(N)Sc1nc2ccccc2nc1C. The first-order chi connectivity index (χ1) is 9.20. The van der Waals surface area contributed by atoms with Gasteiger partial charge >= 0.3 is 0 Å². The van der Waals surface area contributed by atoms with Gasteiger partial charge in [-0.05, 0) is 37.2 Å². The molecule has 0 aliphatic carbocycles. The van der Waals surface area contributed by atoms with Crippen molar-refractivity contribution < 1.29 is 0 Å². The highest BCUT2D eigenvalue weighted by molar-refractivity contribution is 8.13. The Labute approximate surface area is 117 Å². The Morgan fingerprint density at radius 3 is 2.63 bits per heavy atom. The number of fused-ring (bicyclic) bond motifs is 1. The van der Waals surface area contributed by atoms with Crippen LogP contribution in [0.25, 0.3) is 11.0 Å². The molecule has 2 N–H and O–H groups in total. The molecule has 0 saturated heterocycles. The molecule has 0 atom stereocenters.